The number of rotatable bonds is 27. The van der Waals surface area contributed by atoms with E-state index in [9.17, 15) is 4.79 Å². The van der Waals surface area contributed by atoms with E-state index in [-0.39, 0.29) is 0 Å². The number of allylic oxidation sites excluding steroid dienone is 6. The van der Waals surface area contributed by atoms with Gasteiger partial charge in [-0.05, 0) is 64.2 Å². The van der Waals surface area contributed by atoms with Crippen LogP contribution in [-0.4, -0.2) is 19.4 Å². The van der Waals surface area contributed by atoms with E-state index in [1.807, 2.05) is 0 Å². The lowest BCUT2D eigenvalue weighted by molar-refractivity contribution is 0.0529. The average molecular weight is 505 g/mol. The van der Waals surface area contributed by atoms with Gasteiger partial charge in [-0.2, -0.15) is 0 Å². The van der Waals surface area contributed by atoms with Gasteiger partial charge in [0.25, 0.3) is 0 Å². The summed E-state index contributed by atoms with van der Waals surface area (Å²) in [6.07, 6.45) is 40.2. The molecule has 0 aliphatic heterocycles. The highest BCUT2D eigenvalue weighted by atomic mass is 16.7. The van der Waals surface area contributed by atoms with Crippen LogP contribution in [0.2, 0.25) is 0 Å². The molecule has 0 bridgehead atoms. The molecule has 0 saturated heterocycles. The van der Waals surface area contributed by atoms with E-state index in [2.05, 4.69) is 50.3 Å². The zero-order chi connectivity index (χ0) is 26.2. The topological polar surface area (TPSA) is 35.5 Å². The lowest BCUT2D eigenvalue weighted by atomic mass is 10.1. The van der Waals surface area contributed by atoms with E-state index in [0.717, 1.165) is 32.1 Å². The highest BCUT2D eigenvalue weighted by molar-refractivity contribution is 5.59. The Kier molecular flexibility index (Phi) is 30.2. The number of carbonyl (C=O) groups is 1. The Labute approximate surface area is 225 Å². The molecule has 0 aromatic heterocycles. The minimum atomic E-state index is -0.493. The van der Waals surface area contributed by atoms with E-state index in [1.165, 1.54) is 109 Å². The van der Waals surface area contributed by atoms with Gasteiger partial charge in [0.1, 0.15) is 0 Å². The van der Waals surface area contributed by atoms with Gasteiger partial charge in [-0.1, -0.05) is 127 Å². The summed E-state index contributed by atoms with van der Waals surface area (Å²) >= 11 is 0. The van der Waals surface area contributed by atoms with E-state index < -0.39 is 6.16 Å². The largest absolute Gasteiger partial charge is 0.508 e. The Hall–Kier alpha value is -1.51. The predicted octanol–water partition coefficient (Wildman–Crippen LogP) is 11.4. The fourth-order valence-electron chi connectivity index (χ4n) is 4.07. The quantitative estimate of drug-likeness (QED) is 0.0633. The second-order valence-electron chi connectivity index (χ2n) is 10.1. The van der Waals surface area contributed by atoms with Gasteiger partial charge >= 0.3 is 6.16 Å². The van der Waals surface area contributed by atoms with Crippen molar-refractivity contribution in [2.75, 3.05) is 13.2 Å². The minimum Gasteiger partial charge on any atom is -0.434 e. The Morgan fingerprint density at radius 3 is 1.28 bits per heavy atom. The van der Waals surface area contributed by atoms with Crippen molar-refractivity contribution in [3.8, 4) is 0 Å². The van der Waals surface area contributed by atoms with Gasteiger partial charge in [-0.25, -0.2) is 4.79 Å². The summed E-state index contributed by atoms with van der Waals surface area (Å²) in [7, 11) is 0. The van der Waals surface area contributed by atoms with Crippen molar-refractivity contribution in [1.82, 2.24) is 0 Å². The van der Waals surface area contributed by atoms with Crippen molar-refractivity contribution in [3.63, 3.8) is 0 Å². The third-order valence-corrected chi connectivity index (χ3v) is 6.44. The molecule has 3 heteroatoms. The molecule has 0 spiro atoms. The van der Waals surface area contributed by atoms with Crippen LogP contribution in [0.3, 0.4) is 0 Å². The number of ether oxygens (including phenoxy) is 2. The summed E-state index contributed by atoms with van der Waals surface area (Å²) in [6, 6.07) is 0. The smallest absolute Gasteiger partial charge is 0.434 e. The molecule has 0 rings (SSSR count). The first-order valence-corrected chi connectivity index (χ1v) is 15.6. The molecule has 36 heavy (non-hydrogen) atoms. The molecule has 0 aromatic rings. The lowest BCUT2D eigenvalue weighted by Crippen LogP contribution is -2.09. The third kappa shape index (κ3) is 30.5. The molecule has 0 saturated carbocycles. The predicted molar refractivity (Wildman–Crippen MR) is 158 cm³/mol. The van der Waals surface area contributed by atoms with Crippen molar-refractivity contribution >= 4 is 6.16 Å². The van der Waals surface area contributed by atoms with Crippen LogP contribution in [0.4, 0.5) is 4.79 Å². The van der Waals surface area contributed by atoms with Gasteiger partial charge in [0.2, 0.25) is 0 Å². The molecule has 0 aromatic carbocycles. The molecule has 0 N–H and O–H groups in total. The second-order valence-corrected chi connectivity index (χ2v) is 10.1. The standard InChI is InChI=1S/C33H60O3/c1-3-5-7-9-11-13-15-17-18-19-20-22-24-26-28-30-32-36-33(34)35-31-29-27-25-23-21-16-14-12-10-8-6-4-2/h10-13,17-18H,3-9,14-16,19-32H2,1-2H3. The molecule has 0 unspecified atom stereocenters. The van der Waals surface area contributed by atoms with Gasteiger partial charge in [0.15, 0.2) is 0 Å². The zero-order valence-electron chi connectivity index (χ0n) is 24.2. The first-order valence-electron chi connectivity index (χ1n) is 15.6. The van der Waals surface area contributed by atoms with Crippen LogP contribution in [0.5, 0.6) is 0 Å². The molecule has 210 valence electrons. The van der Waals surface area contributed by atoms with Gasteiger partial charge in [0.05, 0.1) is 13.2 Å². The molecule has 3 nitrogen and oxygen atoms in total. The normalized spacial score (nSPS) is 11.8. The average Bonchev–Trinajstić information content (AvgIpc) is 2.88. The Balaban J connectivity index is 3.25. The minimum absolute atomic E-state index is 0.487. The van der Waals surface area contributed by atoms with Crippen LogP contribution in [0.1, 0.15) is 155 Å². The first-order chi connectivity index (χ1) is 17.8. The Morgan fingerprint density at radius 2 is 0.806 bits per heavy atom. The van der Waals surface area contributed by atoms with E-state index in [4.69, 9.17) is 9.47 Å². The Morgan fingerprint density at radius 1 is 0.444 bits per heavy atom. The summed E-state index contributed by atoms with van der Waals surface area (Å²) in [5.74, 6) is 0. The van der Waals surface area contributed by atoms with Crippen LogP contribution < -0.4 is 0 Å². The van der Waals surface area contributed by atoms with Gasteiger partial charge in [-0.15, -0.1) is 0 Å². The second kappa shape index (κ2) is 31.5. The number of carbonyl (C=O) groups excluding carboxylic acids is 1. The van der Waals surface area contributed by atoms with Gasteiger partial charge < -0.3 is 9.47 Å². The Bertz CT molecular complexity index is 521. The monoisotopic (exact) mass is 504 g/mol. The van der Waals surface area contributed by atoms with Crippen LogP contribution >= 0.6 is 0 Å². The maximum absolute atomic E-state index is 11.6. The van der Waals surface area contributed by atoms with E-state index in [1.54, 1.807) is 0 Å². The van der Waals surface area contributed by atoms with Crippen LogP contribution in [0.25, 0.3) is 0 Å². The molecular formula is C33H60O3. The molecule has 0 aliphatic rings. The summed E-state index contributed by atoms with van der Waals surface area (Å²) in [6.45, 7) is 5.46. The maximum Gasteiger partial charge on any atom is 0.508 e. The molecular weight excluding hydrogens is 444 g/mol. The van der Waals surface area contributed by atoms with Crippen LogP contribution in [0, 0.1) is 0 Å². The fourth-order valence-corrected chi connectivity index (χ4v) is 4.07. The summed E-state index contributed by atoms with van der Waals surface area (Å²) in [5, 5.41) is 0. The SMILES string of the molecule is CCCCC=CCCCCCCCCOC(=O)OCCCCCCCCC=CCC=CCCCCC. The van der Waals surface area contributed by atoms with Crippen molar-refractivity contribution in [3.05, 3.63) is 36.5 Å². The highest BCUT2D eigenvalue weighted by Crippen LogP contribution is 2.10. The highest BCUT2D eigenvalue weighted by Gasteiger charge is 2.03. The molecule has 0 radical (unpaired) electrons. The van der Waals surface area contributed by atoms with Crippen molar-refractivity contribution < 1.29 is 14.3 Å². The van der Waals surface area contributed by atoms with E-state index in [0.29, 0.717) is 13.2 Å². The molecule has 0 aliphatic carbocycles. The maximum atomic E-state index is 11.6. The van der Waals surface area contributed by atoms with Crippen LogP contribution in [-0.2, 0) is 9.47 Å². The molecule has 0 amide bonds. The van der Waals surface area contributed by atoms with E-state index >= 15 is 0 Å². The summed E-state index contributed by atoms with van der Waals surface area (Å²) in [5.41, 5.74) is 0. The number of hydrogen-bond donors (Lipinski definition) is 0. The molecule has 0 atom stereocenters. The lowest BCUT2D eigenvalue weighted by Gasteiger charge is -2.06. The zero-order valence-corrected chi connectivity index (χ0v) is 24.2. The van der Waals surface area contributed by atoms with Crippen molar-refractivity contribution in [1.29, 1.82) is 0 Å². The van der Waals surface area contributed by atoms with Crippen LogP contribution in [0.15, 0.2) is 36.5 Å². The summed E-state index contributed by atoms with van der Waals surface area (Å²) < 4.78 is 10.4. The fraction of sp³-hybridized carbons (Fsp3) is 0.788. The molecule has 0 fully saturated rings. The number of hydrogen-bond acceptors (Lipinski definition) is 3. The van der Waals surface area contributed by atoms with Crippen molar-refractivity contribution in [2.24, 2.45) is 0 Å². The van der Waals surface area contributed by atoms with Crippen molar-refractivity contribution in [2.45, 2.75) is 155 Å². The van der Waals surface area contributed by atoms with Gasteiger partial charge in [-0.3, -0.25) is 0 Å². The summed E-state index contributed by atoms with van der Waals surface area (Å²) in [4.78, 5) is 11.6. The number of unbranched alkanes of at least 4 members (excludes halogenated alkanes) is 17. The third-order valence-electron chi connectivity index (χ3n) is 6.44. The first kappa shape index (κ1) is 34.5. The van der Waals surface area contributed by atoms with Gasteiger partial charge in [0, 0.05) is 0 Å². The molecule has 0 heterocycles.